The van der Waals surface area contributed by atoms with Gasteiger partial charge in [0.05, 0.1) is 24.5 Å². The second kappa shape index (κ2) is 6.44. The fraction of sp³-hybridized carbons (Fsp3) is 0.0526. The van der Waals surface area contributed by atoms with Gasteiger partial charge < -0.3 is 4.57 Å². The molecule has 7 heteroatoms. The van der Waals surface area contributed by atoms with E-state index in [1.165, 1.54) is 35.3 Å². The van der Waals surface area contributed by atoms with Crippen molar-refractivity contribution in [3.63, 3.8) is 0 Å². The molecule has 128 valence electrons. The Morgan fingerprint density at radius 3 is 2.42 bits per heavy atom. The van der Waals surface area contributed by atoms with Crippen LogP contribution in [0.4, 0.5) is 8.78 Å². The molecule has 3 heterocycles. The first-order valence-corrected chi connectivity index (χ1v) is 7.81. The van der Waals surface area contributed by atoms with E-state index in [0.29, 0.717) is 22.2 Å². The first kappa shape index (κ1) is 16.0. The lowest BCUT2D eigenvalue weighted by molar-refractivity contribution is 0.545. The van der Waals surface area contributed by atoms with Crippen molar-refractivity contribution < 1.29 is 8.78 Å². The Balaban J connectivity index is 1.81. The second-order valence-corrected chi connectivity index (χ2v) is 5.71. The molecule has 26 heavy (non-hydrogen) atoms. The molecule has 0 aliphatic heterocycles. The van der Waals surface area contributed by atoms with Crippen LogP contribution >= 0.6 is 0 Å². The van der Waals surface area contributed by atoms with Crippen LogP contribution in [0.25, 0.3) is 22.2 Å². The molecule has 0 saturated carbocycles. The monoisotopic (exact) mass is 350 g/mol. The molecule has 4 aromatic rings. The van der Waals surface area contributed by atoms with Crippen molar-refractivity contribution in [1.29, 1.82) is 0 Å². The quantitative estimate of drug-likeness (QED) is 0.569. The average molecular weight is 350 g/mol. The number of rotatable bonds is 3. The number of pyridine rings is 2. The first-order chi connectivity index (χ1) is 12.6. The SMILES string of the molecule is O=c1cnc2cnccc2n1Cc1c(F)cc(-c2cccnc2)cc1F. The highest BCUT2D eigenvalue weighted by Gasteiger charge is 2.15. The van der Waals surface area contributed by atoms with Gasteiger partial charge in [0.25, 0.3) is 5.56 Å². The van der Waals surface area contributed by atoms with Gasteiger partial charge in [-0.1, -0.05) is 6.07 Å². The molecule has 5 nitrogen and oxygen atoms in total. The van der Waals surface area contributed by atoms with Gasteiger partial charge in [0.1, 0.15) is 17.2 Å². The maximum Gasteiger partial charge on any atom is 0.269 e. The Labute approximate surface area is 146 Å². The zero-order valence-corrected chi connectivity index (χ0v) is 13.4. The zero-order valence-electron chi connectivity index (χ0n) is 13.4. The molecule has 0 bridgehead atoms. The lowest BCUT2D eigenvalue weighted by Gasteiger charge is -2.12. The fourth-order valence-electron chi connectivity index (χ4n) is 2.80. The highest BCUT2D eigenvalue weighted by atomic mass is 19.1. The number of aromatic nitrogens is 4. The van der Waals surface area contributed by atoms with E-state index in [0.717, 1.165) is 6.20 Å². The van der Waals surface area contributed by atoms with Crippen molar-refractivity contribution in [1.82, 2.24) is 19.5 Å². The van der Waals surface area contributed by atoms with E-state index in [2.05, 4.69) is 15.0 Å². The Kier molecular flexibility index (Phi) is 3.96. The van der Waals surface area contributed by atoms with Crippen molar-refractivity contribution in [2.75, 3.05) is 0 Å². The molecule has 1 aromatic carbocycles. The standard InChI is InChI=1S/C19H12F2N4O/c20-15-6-13(12-2-1-4-22-8-12)7-16(21)14(15)11-25-18-3-5-23-9-17(18)24-10-19(25)26/h1-10H,11H2. The number of hydrogen-bond acceptors (Lipinski definition) is 4. The summed E-state index contributed by atoms with van der Waals surface area (Å²) in [5, 5.41) is 0. The summed E-state index contributed by atoms with van der Waals surface area (Å²) in [6.07, 6.45) is 7.22. The number of fused-ring (bicyclic) bond motifs is 1. The van der Waals surface area contributed by atoms with Crippen LogP contribution in [0.5, 0.6) is 0 Å². The summed E-state index contributed by atoms with van der Waals surface area (Å²) in [5.41, 5.74) is 1.29. The summed E-state index contributed by atoms with van der Waals surface area (Å²) in [5.74, 6) is -1.45. The van der Waals surface area contributed by atoms with Crippen LogP contribution in [0.2, 0.25) is 0 Å². The highest BCUT2D eigenvalue weighted by molar-refractivity contribution is 5.73. The number of halogens is 2. The van der Waals surface area contributed by atoms with Gasteiger partial charge in [-0.15, -0.1) is 0 Å². The topological polar surface area (TPSA) is 60.7 Å². The van der Waals surface area contributed by atoms with Crippen LogP contribution in [0, 0.1) is 11.6 Å². The molecule has 3 aromatic heterocycles. The lowest BCUT2D eigenvalue weighted by Crippen LogP contribution is -2.22. The third-order valence-corrected chi connectivity index (χ3v) is 4.10. The minimum atomic E-state index is -0.727. The summed E-state index contributed by atoms with van der Waals surface area (Å²) in [6.45, 7) is -0.243. The molecule has 0 N–H and O–H groups in total. The summed E-state index contributed by atoms with van der Waals surface area (Å²) < 4.78 is 30.5. The smallest absolute Gasteiger partial charge is 0.269 e. The van der Waals surface area contributed by atoms with E-state index in [9.17, 15) is 13.6 Å². The van der Waals surface area contributed by atoms with Crippen molar-refractivity contribution in [3.05, 3.63) is 88.9 Å². The molecule has 4 rings (SSSR count). The predicted octanol–water partition coefficient (Wildman–Crippen LogP) is 3.18. The average Bonchev–Trinajstić information content (AvgIpc) is 2.66. The zero-order chi connectivity index (χ0) is 18.1. The Bertz CT molecular complexity index is 1140. The predicted molar refractivity (Wildman–Crippen MR) is 92.5 cm³/mol. The van der Waals surface area contributed by atoms with E-state index >= 15 is 0 Å². The molecule has 0 amide bonds. The Morgan fingerprint density at radius 2 is 1.69 bits per heavy atom. The maximum absolute atomic E-state index is 14.6. The molecule has 0 atom stereocenters. The molecule has 0 aliphatic carbocycles. The van der Waals surface area contributed by atoms with Crippen molar-refractivity contribution >= 4 is 11.0 Å². The van der Waals surface area contributed by atoms with Crippen molar-refractivity contribution in [2.24, 2.45) is 0 Å². The summed E-state index contributed by atoms with van der Waals surface area (Å²) in [7, 11) is 0. The first-order valence-electron chi connectivity index (χ1n) is 7.81. The van der Waals surface area contributed by atoms with Gasteiger partial charge in [-0.05, 0) is 29.8 Å². The van der Waals surface area contributed by atoms with Gasteiger partial charge in [-0.25, -0.2) is 13.8 Å². The van der Waals surface area contributed by atoms with Gasteiger partial charge in [0.15, 0.2) is 0 Å². The Morgan fingerprint density at radius 1 is 0.923 bits per heavy atom. The van der Waals surface area contributed by atoms with Crippen LogP contribution in [-0.4, -0.2) is 19.5 Å². The Hall–Kier alpha value is -3.48. The second-order valence-electron chi connectivity index (χ2n) is 5.71. The molecule has 0 saturated heterocycles. The third-order valence-electron chi connectivity index (χ3n) is 4.10. The molecule has 0 radical (unpaired) electrons. The van der Waals surface area contributed by atoms with E-state index in [1.807, 2.05) is 0 Å². The normalized spacial score (nSPS) is 11.0. The summed E-state index contributed by atoms with van der Waals surface area (Å²) in [6, 6.07) is 7.48. The van der Waals surface area contributed by atoms with Gasteiger partial charge in [0.2, 0.25) is 0 Å². The van der Waals surface area contributed by atoms with Gasteiger partial charge >= 0.3 is 0 Å². The van der Waals surface area contributed by atoms with Gasteiger partial charge in [0, 0.05) is 29.7 Å². The van der Waals surface area contributed by atoms with E-state index in [4.69, 9.17) is 0 Å². The number of benzene rings is 1. The highest BCUT2D eigenvalue weighted by Crippen LogP contribution is 2.24. The summed E-state index contributed by atoms with van der Waals surface area (Å²) in [4.78, 5) is 24.1. The molecule has 0 fully saturated rings. The van der Waals surface area contributed by atoms with E-state index < -0.39 is 17.2 Å². The largest absolute Gasteiger partial charge is 0.301 e. The van der Waals surface area contributed by atoms with Crippen LogP contribution < -0.4 is 5.56 Å². The number of nitrogens with zero attached hydrogens (tertiary/aromatic N) is 4. The van der Waals surface area contributed by atoms with Crippen molar-refractivity contribution in [2.45, 2.75) is 6.54 Å². The van der Waals surface area contributed by atoms with Crippen LogP contribution in [0.15, 0.2) is 66.1 Å². The van der Waals surface area contributed by atoms with Crippen LogP contribution in [0.3, 0.4) is 0 Å². The van der Waals surface area contributed by atoms with Crippen molar-refractivity contribution in [3.8, 4) is 11.1 Å². The minimum absolute atomic E-state index is 0.191. The maximum atomic E-state index is 14.6. The van der Waals surface area contributed by atoms with Gasteiger partial charge in [-0.3, -0.25) is 14.8 Å². The molecule has 0 aliphatic rings. The third kappa shape index (κ3) is 2.83. The molecule has 0 spiro atoms. The summed E-state index contributed by atoms with van der Waals surface area (Å²) >= 11 is 0. The number of hydrogen-bond donors (Lipinski definition) is 0. The molecular weight excluding hydrogens is 338 g/mol. The minimum Gasteiger partial charge on any atom is -0.301 e. The van der Waals surface area contributed by atoms with Gasteiger partial charge in [-0.2, -0.15) is 0 Å². The fourth-order valence-corrected chi connectivity index (χ4v) is 2.80. The molecule has 0 unspecified atom stereocenters. The molecular formula is C19H12F2N4O. The van der Waals surface area contributed by atoms with Crippen LogP contribution in [-0.2, 0) is 6.54 Å². The van der Waals surface area contributed by atoms with Crippen LogP contribution in [0.1, 0.15) is 5.56 Å². The lowest BCUT2D eigenvalue weighted by atomic mass is 10.0. The van der Waals surface area contributed by atoms with E-state index in [-0.39, 0.29) is 12.1 Å². The van der Waals surface area contributed by atoms with E-state index in [1.54, 1.807) is 24.4 Å².